The predicted octanol–water partition coefficient (Wildman–Crippen LogP) is 1.96. The lowest BCUT2D eigenvalue weighted by atomic mass is 10.1. The van der Waals surface area contributed by atoms with E-state index in [1.807, 2.05) is 12.1 Å². The van der Waals surface area contributed by atoms with Crippen molar-refractivity contribution in [3.63, 3.8) is 0 Å². The van der Waals surface area contributed by atoms with E-state index < -0.39 is 0 Å². The van der Waals surface area contributed by atoms with Crippen molar-refractivity contribution in [1.82, 2.24) is 9.97 Å². The van der Waals surface area contributed by atoms with E-state index in [-0.39, 0.29) is 0 Å². The number of nitrogens with two attached hydrogens (primary N) is 1. The standard InChI is InChI=1S/C13H19N5O/c1-2-4-11-12(16-9-17-13(11)18-14)15-7-6-10-5-3-8-19-10/h3,5,8-9H,2,4,6-7,14H2,1H3,(H2,15,16,17,18). The van der Waals surface area contributed by atoms with Gasteiger partial charge in [0.2, 0.25) is 0 Å². The van der Waals surface area contributed by atoms with Crippen LogP contribution < -0.4 is 16.6 Å². The zero-order valence-electron chi connectivity index (χ0n) is 11.0. The highest BCUT2D eigenvalue weighted by molar-refractivity contribution is 5.56. The number of hydrazine groups is 1. The molecular formula is C13H19N5O. The molecule has 2 aromatic heterocycles. The second-order valence-electron chi connectivity index (χ2n) is 4.20. The first-order valence-corrected chi connectivity index (χ1v) is 6.42. The highest BCUT2D eigenvalue weighted by Crippen LogP contribution is 2.20. The van der Waals surface area contributed by atoms with Gasteiger partial charge in [0.15, 0.2) is 0 Å². The third-order valence-electron chi connectivity index (χ3n) is 2.83. The molecular weight excluding hydrogens is 242 g/mol. The third kappa shape index (κ3) is 3.45. The van der Waals surface area contributed by atoms with Crippen LogP contribution >= 0.6 is 0 Å². The Labute approximate surface area is 112 Å². The Balaban J connectivity index is 2.02. The topological polar surface area (TPSA) is 89.0 Å². The van der Waals surface area contributed by atoms with E-state index in [4.69, 9.17) is 10.3 Å². The van der Waals surface area contributed by atoms with Crippen molar-refractivity contribution in [1.29, 1.82) is 0 Å². The molecule has 0 spiro atoms. The van der Waals surface area contributed by atoms with Crippen molar-refractivity contribution >= 4 is 11.6 Å². The molecule has 0 aliphatic carbocycles. The normalized spacial score (nSPS) is 10.4. The summed E-state index contributed by atoms with van der Waals surface area (Å²) in [5.41, 5.74) is 3.64. The summed E-state index contributed by atoms with van der Waals surface area (Å²) in [7, 11) is 0. The monoisotopic (exact) mass is 261 g/mol. The molecule has 6 heteroatoms. The molecule has 19 heavy (non-hydrogen) atoms. The fourth-order valence-electron chi connectivity index (χ4n) is 1.93. The van der Waals surface area contributed by atoms with Crippen molar-refractivity contribution < 1.29 is 4.42 Å². The maximum absolute atomic E-state index is 5.47. The van der Waals surface area contributed by atoms with Crippen molar-refractivity contribution in [2.24, 2.45) is 5.84 Å². The molecule has 0 aliphatic heterocycles. The molecule has 0 bridgehead atoms. The average Bonchev–Trinajstić information content (AvgIpc) is 2.94. The molecule has 0 atom stereocenters. The molecule has 2 rings (SSSR count). The van der Waals surface area contributed by atoms with Crippen LogP contribution in [0.4, 0.5) is 11.6 Å². The molecule has 0 aliphatic rings. The van der Waals surface area contributed by atoms with Crippen LogP contribution in [0.15, 0.2) is 29.1 Å². The first-order chi connectivity index (χ1) is 9.35. The van der Waals surface area contributed by atoms with Gasteiger partial charge in [-0.2, -0.15) is 0 Å². The van der Waals surface area contributed by atoms with Gasteiger partial charge in [-0.1, -0.05) is 13.3 Å². The Morgan fingerprint density at radius 3 is 2.79 bits per heavy atom. The summed E-state index contributed by atoms with van der Waals surface area (Å²) < 4.78 is 5.29. The first-order valence-electron chi connectivity index (χ1n) is 6.42. The van der Waals surface area contributed by atoms with Gasteiger partial charge in [0.1, 0.15) is 23.7 Å². The Kier molecular flexibility index (Phi) is 4.74. The molecule has 4 N–H and O–H groups in total. The van der Waals surface area contributed by atoms with Crippen LogP contribution in [0.2, 0.25) is 0 Å². The van der Waals surface area contributed by atoms with Gasteiger partial charge in [-0.3, -0.25) is 0 Å². The predicted molar refractivity (Wildman–Crippen MR) is 74.7 cm³/mol. The lowest BCUT2D eigenvalue weighted by Crippen LogP contribution is -2.15. The molecule has 0 radical (unpaired) electrons. The molecule has 6 nitrogen and oxygen atoms in total. The van der Waals surface area contributed by atoms with Gasteiger partial charge in [0.05, 0.1) is 6.26 Å². The summed E-state index contributed by atoms with van der Waals surface area (Å²) in [6, 6.07) is 3.85. The highest BCUT2D eigenvalue weighted by atomic mass is 16.3. The van der Waals surface area contributed by atoms with Gasteiger partial charge in [0, 0.05) is 18.5 Å². The minimum absolute atomic E-state index is 0.678. The van der Waals surface area contributed by atoms with Gasteiger partial charge in [-0.05, 0) is 18.6 Å². The van der Waals surface area contributed by atoms with Gasteiger partial charge < -0.3 is 15.2 Å². The SMILES string of the molecule is CCCc1c(NN)ncnc1NCCc1ccco1. The number of furan rings is 1. The number of nitrogens with zero attached hydrogens (tertiary/aromatic N) is 2. The molecule has 0 amide bonds. The highest BCUT2D eigenvalue weighted by Gasteiger charge is 2.09. The molecule has 102 valence electrons. The number of nitrogen functional groups attached to an aromatic ring is 1. The van der Waals surface area contributed by atoms with Crippen LogP contribution in [0.5, 0.6) is 0 Å². The number of rotatable bonds is 7. The van der Waals surface area contributed by atoms with Gasteiger partial charge >= 0.3 is 0 Å². The van der Waals surface area contributed by atoms with Crippen LogP contribution in [0.1, 0.15) is 24.7 Å². The minimum atomic E-state index is 0.678. The fourth-order valence-corrected chi connectivity index (χ4v) is 1.93. The van der Waals surface area contributed by atoms with E-state index in [9.17, 15) is 0 Å². The number of hydrogen-bond donors (Lipinski definition) is 3. The number of hydrogen-bond acceptors (Lipinski definition) is 6. The van der Waals surface area contributed by atoms with E-state index >= 15 is 0 Å². The Morgan fingerprint density at radius 1 is 1.26 bits per heavy atom. The Morgan fingerprint density at radius 2 is 2.11 bits per heavy atom. The molecule has 2 heterocycles. The van der Waals surface area contributed by atoms with E-state index in [1.165, 1.54) is 6.33 Å². The second-order valence-corrected chi connectivity index (χ2v) is 4.20. The van der Waals surface area contributed by atoms with Crippen LogP contribution in [0, 0.1) is 0 Å². The average molecular weight is 261 g/mol. The summed E-state index contributed by atoms with van der Waals surface area (Å²) in [5, 5.41) is 3.30. The van der Waals surface area contributed by atoms with Gasteiger partial charge in [-0.15, -0.1) is 0 Å². The van der Waals surface area contributed by atoms with Crippen LogP contribution in [0.25, 0.3) is 0 Å². The van der Waals surface area contributed by atoms with Gasteiger partial charge in [-0.25, -0.2) is 15.8 Å². The summed E-state index contributed by atoms with van der Waals surface area (Å²) in [4.78, 5) is 8.41. The molecule has 0 aromatic carbocycles. The molecule has 0 saturated carbocycles. The summed E-state index contributed by atoms with van der Waals surface area (Å²) in [5.74, 6) is 7.94. The minimum Gasteiger partial charge on any atom is -0.469 e. The molecule has 0 fully saturated rings. The van der Waals surface area contributed by atoms with Crippen molar-refractivity contribution in [3.05, 3.63) is 36.0 Å². The molecule has 0 unspecified atom stereocenters. The number of aromatic nitrogens is 2. The summed E-state index contributed by atoms with van der Waals surface area (Å²) >= 11 is 0. The lowest BCUT2D eigenvalue weighted by molar-refractivity contribution is 0.513. The zero-order chi connectivity index (χ0) is 13.5. The smallest absolute Gasteiger partial charge is 0.148 e. The van der Waals surface area contributed by atoms with E-state index in [0.717, 1.165) is 42.9 Å². The van der Waals surface area contributed by atoms with Crippen LogP contribution in [-0.2, 0) is 12.8 Å². The molecule has 0 saturated heterocycles. The maximum atomic E-state index is 5.47. The first kappa shape index (κ1) is 13.4. The number of anilines is 2. The maximum Gasteiger partial charge on any atom is 0.148 e. The van der Waals surface area contributed by atoms with Crippen LogP contribution in [0.3, 0.4) is 0 Å². The molecule has 2 aromatic rings. The second kappa shape index (κ2) is 6.75. The lowest BCUT2D eigenvalue weighted by Gasteiger charge is -2.12. The van der Waals surface area contributed by atoms with Crippen molar-refractivity contribution in [3.8, 4) is 0 Å². The van der Waals surface area contributed by atoms with Crippen molar-refractivity contribution in [2.45, 2.75) is 26.2 Å². The number of nitrogens with one attached hydrogen (secondary N) is 2. The summed E-state index contributed by atoms with van der Waals surface area (Å²) in [6.07, 6.45) is 5.88. The van der Waals surface area contributed by atoms with E-state index in [1.54, 1.807) is 6.26 Å². The quantitative estimate of drug-likeness (QED) is 0.521. The van der Waals surface area contributed by atoms with Crippen LogP contribution in [-0.4, -0.2) is 16.5 Å². The largest absolute Gasteiger partial charge is 0.469 e. The van der Waals surface area contributed by atoms with Crippen molar-refractivity contribution in [2.75, 3.05) is 17.3 Å². The third-order valence-corrected chi connectivity index (χ3v) is 2.83. The fraction of sp³-hybridized carbons (Fsp3) is 0.385. The summed E-state index contributed by atoms with van der Waals surface area (Å²) in [6.45, 7) is 2.87. The van der Waals surface area contributed by atoms with Gasteiger partial charge in [0.25, 0.3) is 0 Å². The van der Waals surface area contributed by atoms with E-state index in [2.05, 4.69) is 27.6 Å². The zero-order valence-corrected chi connectivity index (χ0v) is 11.0. The Hall–Kier alpha value is -2.08. The van der Waals surface area contributed by atoms with E-state index in [0.29, 0.717) is 5.82 Å². The Bertz CT molecular complexity index is 498.